The van der Waals surface area contributed by atoms with Gasteiger partial charge in [-0.3, -0.25) is 4.79 Å². The van der Waals surface area contributed by atoms with Crippen LogP contribution in [0.1, 0.15) is 29.3 Å². The highest BCUT2D eigenvalue weighted by Crippen LogP contribution is 2.16. The average molecular weight is 192 g/mol. The molecule has 0 radical (unpaired) electrons. The SMILES string of the molecule is CCCNc1cc(C)ccc1C(N)=O. The van der Waals surface area contributed by atoms with Crippen LogP contribution in [-0.4, -0.2) is 12.5 Å². The molecular weight excluding hydrogens is 176 g/mol. The first-order valence-electron chi connectivity index (χ1n) is 4.79. The lowest BCUT2D eigenvalue weighted by molar-refractivity contribution is 0.100. The van der Waals surface area contributed by atoms with Crippen molar-refractivity contribution in [3.8, 4) is 0 Å². The number of hydrogen-bond acceptors (Lipinski definition) is 2. The Balaban J connectivity index is 2.97. The molecule has 1 aromatic carbocycles. The van der Waals surface area contributed by atoms with Gasteiger partial charge in [-0.15, -0.1) is 0 Å². The molecule has 0 atom stereocenters. The van der Waals surface area contributed by atoms with Crippen LogP contribution in [-0.2, 0) is 0 Å². The molecule has 0 aliphatic heterocycles. The summed E-state index contributed by atoms with van der Waals surface area (Å²) >= 11 is 0. The van der Waals surface area contributed by atoms with Crippen LogP contribution in [0.5, 0.6) is 0 Å². The minimum Gasteiger partial charge on any atom is -0.384 e. The minimum absolute atomic E-state index is 0.386. The zero-order valence-electron chi connectivity index (χ0n) is 8.63. The predicted octanol–water partition coefficient (Wildman–Crippen LogP) is 1.92. The third-order valence-electron chi connectivity index (χ3n) is 2.01. The largest absolute Gasteiger partial charge is 0.384 e. The van der Waals surface area contributed by atoms with Crippen LogP contribution in [0, 0.1) is 6.92 Å². The molecule has 3 N–H and O–H groups in total. The van der Waals surface area contributed by atoms with Gasteiger partial charge in [0.2, 0.25) is 0 Å². The fraction of sp³-hybridized carbons (Fsp3) is 0.364. The van der Waals surface area contributed by atoms with E-state index in [1.54, 1.807) is 6.07 Å². The number of benzene rings is 1. The number of carbonyl (C=O) groups excluding carboxylic acids is 1. The van der Waals surface area contributed by atoms with Crippen LogP contribution in [0.15, 0.2) is 18.2 Å². The summed E-state index contributed by atoms with van der Waals surface area (Å²) in [6.07, 6.45) is 1.02. The van der Waals surface area contributed by atoms with Crippen molar-refractivity contribution in [3.05, 3.63) is 29.3 Å². The minimum atomic E-state index is -0.386. The van der Waals surface area contributed by atoms with Crippen molar-refractivity contribution in [1.82, 2.24) is 0 Å². The lowest BCUT2D eigenvalue weighted by Gasteiger charge is -2.09. The van der Waals surface area contributed by atoms with E-state index in [4.69, 9.17) is 5.73 Å². The lowest BCUT2D eigenvalue weighted by Crippen LogP contribution is -2.14. The number of nitrogens with one attached hydrogen (secondary N) is 1. The smallest absolute Gasteiger partial charge is 0.250 e. The van der Waals surface area contributed by atoms with E-state index in [9.17, 15) is 4.79 Å². The molecule has 1 rings (SSSR count). The Bertz CT molecular complexity index is 334. The maximum Gasteiger partial charge on any atom is 0.250 e. The Morgan fingerprint density at radius 1 is 1.50 bits per heavy atom. The van der Waals surface area contributed by atoms with Crippen molar-refractivity contribution in [2.75, 3.05) is 11.9 Å². The van der Waals surface area contributed by atoms with Crippen molar-refractivity contribution in [1.29, 1.82) is 0 Å². The molecule has 1 amide bonds. The molecule has 3 nitrogen and oxygen atoms in total. The molecule has 0 aliphatic carbocycles. The Morgan fingerprint density at radius 3 is 2.79 bits per heavy atom. The molecule has 0 heterocycles. The van der Waals surface area contributed by atoms with Gasteiger partial charge < -0.3 is 11.1 Å². The normalized spacial score (nSPS) is 9.86. The molecule has 0 spiro atoms. The van der Waals surface area contributed by atoms with Gasteiger partial charge in [0, 0.05) is 12.2 Å². The Morgan fingerprint density at radius 2 is 2.21 bits per heavy atom. The van der Waals surface area contributed by atoms with Crippen LogP contribution in [0.4, 0.5) is 5.69 Å². The first-order valence-corrected chi connectivity index (χ1v) is 4.79. The first kappa shape index (κ1) is 10.6. The molecule has 0 bridgehead atoms. The summed E-state index contributed by atoms with van der Waals surface area (Å²) in [5, 5.41) is 3.18. The van der Waals surface area contributed by atoms with Gasteiger partial charge in [-0.2, -0.15) is 0 Å². The molecular formula is C11H16N2O. The summed E-state index contributed by atoms with van der Waals surface area (Å²) in [6, 6.07) is 5.59. The van der Waals surface area contributed by atoms with E-state index in [1.807, 2.05) is 19.1 Å². The van der Waals surface area contributed by atoms with Crippen LogP contribution in [0.25, 0.3) is 0 Å². The maximum absolute atomic E-state index is 11.1. The molecule has 0 saturated heterocycles. The highest BCUT2D eigenvalue weighted by Gasteiger charge is 2.06. The van der Waals surface area contributed by atoms with Crippen LogP contribution in [0.2, 0.25) is 0 Å². The van der Waals surface area contributed by atoms with Crippen LogP contribution in [0.3, 0.4) is 0 Å². The van der Waals surface area contributed by atoms with Crippen LogP contribution < -0.4 is 11.1 Å². The average Bonchev–Trinajstić information content (AvgIpc) is 2.14. The zero-order chi connectivity index (χ0) is 10.6. The topological polar surface area (TPSA) is 55.1 Å². The second kappa shape index (κ2) is 4.65. The van der Waals surface area contributed by atoms with E-state index in [0.717, 1.165) is 24.2 Å². The van der Waals surface area contributed by atoms with Gasteiger partial charge in [-0.25, -0.2) is 0 Å². The molecule has 0 unspecified atom stereocenters. The number of hydrogen-bond donors (Lipinski definition) is 2. The van der Waals surface area contributed by atoms with Crippen molar-refractivity contribution in [2.24, 2.45) is 5.73 Å². The fourth-order valence-corrected chi connectivity index (χ4v) is 1.28. The van der Waals surface area contributed by atoms with Gasteiger partial charge in [-0.05, 0) is 31.0 Å². The van der Waals surface area contributed by atoms with Crippen molar-refractivity contribution in [3.63, 3.8) is 0 Å². The van der Waals surface area contributed by atoms with Gasteiger partial charge in [0.15, 0.2) is 0 Å². The number of carbonyl (C=O) groups is 1. The fourth-order valence-electron chi connectivity index (χ4n) is 1.28. The molecule has 76 valence electrons. The monoisotopic (exact) mass is 192 g/mol. The number of aryl methyl sites for hydroxylation is 1. The number of amides is 1. The molecule has 0 saturated carbocycles. The molecule has 14 heavy (non-hydrogen) atoms. The Labute approximate surface area is 84.3 Å². The van der Waals surface area contributed by atoms with E-state index in [1.165, 1.54) is 0 Å². The summed E-state index contributed by atoms with van der Waals surface area (Å²) in [5.41, 5.74) is 7.77. The van der Waals surface area contributed by atoms with E-state index < -0.39 is 0 Å². The van der Waals surface area contributed by atoms with Gasteiger partial charge in [0.1, 0.15) is 0 Å². The maximum atomic E-state index is 11.1. The summed E-state index contributed by atoms with van der Waals surface area (Å²) < 4.78 is 0. The van der Waals surface area contributed by atoms with Gasteiger partial charge in [0.25, 0.3) is 5.91 Å². The third kappa shape index (κ3) is 2.49. The highest BCUT2D eigenvalue weighted by molar-refractivity contribution is 5.98. The van der Waals surface area contributed by atoms with E-state index in [-0.39, 0.29) is 5.91 Å². The lowest BCUT2D eigenvalue weighted by atomic mass is 10.1. The molecule has 0 aromatic heterocycles. The standard InChI is InChI=1S/C11H16N2O/c1-3-6-13-10-7-8(2)4-5-9(10)11(12)14/h4-5,7,13H,3,6H2,1-2H3,(H2,12,14). The summed E-state index contributed by atoms with van der Waals surface area (Å²) in [7, 11) is 0. The van der Waals surface area contributed by atoms with Gasteiger partial charge in [-0.1, -0.05) is 13.0 Å². The molecule has 1 aromatic rings. The number of rotatable bonds is 4. The zero-order valence-corrected chi connectivity index (χ0v) is 8.63. The van der Waals surface area contributed by atoms with Gasteiger partial charge >= 0.3 is 0 Å². The van der Waals surface area contributed by atoms with Crippen molar-refractivity contribution in [2.45, 2.75) is 20.3 Å². The predicted molar refractivity (Wildman–Crippen MR) is 58.5 cm³/mol. The number of nitrogens with two attached hydrogens (primary N) is 1. The second-order valence-corrected chi connectivity index (χ2v) is 3.34. The summed E-state index contributed by atoms with van der Waals surface area (Å²) in [6.45, 7) is 4.92. The summed E-state index contributed by atoms with van der Waals surface area (Å²) in [4.78, 5) is 11.1. The number of anilines is 1. The van der Waals surface area contributed by atoms with Crippen molar-refractivity contribution < 1.29 is 4.79 Å². The van der Waals surface area contributed by atoms with E-state index >= 15 is 0 Å². The highest BCUT2D eigenvalue weighted by atomic mass is 16.1. The van der Waals surface area contributed by atoms with E-state index in [2.05, 4.69) is 12.2 Å². The second-order valence-electron chi connectivity index (χ2n) is 3.34. The van der Waals surface area contributed by atoms with E-state index in [0.29, 0.717) is 5.56 Å². The first-order chi connectivity index (χ1) is 6.65. The van der Waals surface area contributed by atoms with Crippen molar-refractivity contribution >= 4 is 11.6 Å². The van der Waals surface area contributed by atoms with Crippen LogP contribution >= 0.6 is 0 Å². The number of primary amides is 1. The molecule has 0 aliphatic rings. The Hall–Kier alpha value is -1.51. The Kier molecular flexibility index (Phi) is 3.51. The van der Waals surface area contributed by atoms with Gasteiger partial charge in [0.05, 0.1) is 5.56 Å². The molecule has 3 heteroatoms. The third-order valence-corrected chi connectivity index (χ3v) is 2.01. The summed E-state index contributed by atoms with van der Waals surface area (Å²) in [5.74, 6) is -0.386. The quantitative estimate of drug-likeness (QED) is 0.765. The molecule has 0 fully saturated rings.